The normalized spacial score (nSPS) is 11.5. The zero-order valence-electron chi connectivity index (χ0n) is 16.7. The van der Waals surface area contributed by atoms with E-state index in [-0.39, 0.29) is 11.3 Å². The van der Waals surface area contributed by atoms with Crippen molar-refractivity contribution in [3.8, 4) is 0 Å². The summed E-state index contributed by atoms with van der Waals surface area (Å²) in [6.45, 7) is 1.64. The molecule has 3 aromatic rings. The topological polar surface area (TPSA) is 96.3 Å². The molecule has 7 nitrogen and oxygen atoms in total. The van der Waals surface area contributed by atoms with Crippen LogP contribution in [0.1, 0.15) is 37.7 Å². The second-order valence-electron chi connectivity index (χ2n) is 6.60. The van der Waals surface area contributed by atoms with E-state index in [1.807, 2.05) is 0 Å². The van der Waals surface area contributed by atoms with Gasteiger partial charge in [0.15, 0.2) is 0 Å². The number of carbonyl (C=O) groups excluding carboxylic acids is 2. The Kier molecular flexibility index (Phi) is 7.44. The summed E-state index contributed by atoms with van der Waals surface area (Å²) in [7, 11) is 0. The number of carbonyl (C=O) groups is 2. The lowest BCUT2D eigenvalue weighted by molar-refractivity contribution is -0.137. The number of aromatic nitrogens is 2. The van der Waals surface area contributed by atoms with E-state index in [1.54, 1.807) is 37.4 Å². The molecule has 0 bridgehead atoms. The Morgan fingerprint density at radius 2 is 1.88 bits per heavy atom. The van der Waals surface area contributed by atoms with E-state index >= 15 is 0 Å². The Hall–Kier alpha value is -3.31. The molecule has 0 radical (unpaired) electrons. The van der Waals surface area contributed by atoms with Crippen LogP contribution in [0.2, 0.25) is 5.02 Å². The molecule has 2 N–H and O–H groups in total. The number of halogens is 5. The van der Waals surface area contributed by atoms with Crippen molar-refractivity contribution in [2.24, 2.45) is 5.10 Å². The molecule has 3 rings (SSSR count). The summed E-state index contributed by atoms with van der Waals surface area (Å²) < 4.78 is 39.2. The van der Waals surface area contributed by atoms with Gasteiger partial charge in [0.1, 0.15) is 5.69 Å². The first-order valence-corrected chi connectivity index (χ1v) is 10.3. The number of hydrogen-bond donors (Lipinski definition) is 2. The van der Waals surface area contributed by atoms with Gasteiger partial charge in [-0.15, -0.1) is 0 Å². The van der Waals surface area contributed by atoms with Gasteiger partial charge in [-0.1, -0.05) is 23.7 Å². The zero-order valence-corrected chi connectivity index (χ0v) is 19.1. The van der Waals surface area contributed by atoms with Gasteiger partial charge >= 0.3 is 6.18 Å². The van der Waals surface area contributed by atoms with E-state index in [4.69, 9.17) is 11.6 Å². The van der Waals surface area contributed by atoms with Gasteiger partial charge in [-0.05, 0) is 52.7 Å². The molecule has 12 heteroatoms. The number of aryl methyl sites for hydroxylation is 1. The molecule has 0 unspecified atom stereocenters. The van der Waals surface area contributed by atoms with E-state index in [1.165, 1.54) is 12.3 Å². The molecule has 0 saturated carbocycles. The van der Waals surface area contributed by atoms with Gasteiger partial charge < -0.3 is 5.32 Å². The molecule has 0 aliphatic rings. The molecule has 0 atom stereocenters. The van der Waals surface area contributed by atoms with Crippen LogP contribution in [0.15, 0.2) is 58.4 Å². The Labute approximate surface area is 199 Å². The molecule has 0 spiro atoms. The second kappa shape index (κ2) is 10.1. The fraction of sp³-hybridized carbons (Fsp3) is 0.0952. The lowest BCUT2D eigenvalue weighted by Gasteiger charge is -2.14. The van der Waals surface area contributed by atoms with E-state index in [0.29, 0.717) is 23.5 Å². The fourth-order valence-electron chi connectivity index (χ4n) is 2.64. The minimum absolute atomic E-state index is 0.0762. The van der Waals surface area contributed by atoms with Crippen LogP contribution in [0.25, 0.3) is 0 Å². The highest BCUT2D eigenvalue weighted by atomic mass is 79.9. The molecule has 0 aliphatic carbocycles. The predicted octanol–water partition coefficient (Wildman–Crippen LogP) is 5.24. The van der Waals surface area contributed by atoms with Crippen LogP contribution < -0.4 is 10.7 Å². The van der Waals surface area contributed by atoms with Gasteiger partial charge in [-0.2, -0.15) is 18.3 Å². The minimum Gasteiger partial charge on any atom is -0.320 e. The summed E-state index contributed by atoms with van der Waals surface area (Å²) >= 11 is 9.11. The third-order valence-electron chi connectivity index (χ3n) is 4.25. The molecule has 1 aromatic carbocycles. The number of hydrogen-bond acceptors (Lipinski definition) is 5. The minimum atomic E-state index is -4.65. The summed E-state index contributed by atoms with van der Waals surface area (Å²) in [4.78, 5) is 32.9. The Morgan fingerprint density at radius 3 is 2.52 bits per heavy atom. The Balaban J connectivity index is 1.80. The maximum atomic E-state index is 12.8. The van der Waals surface area contributed by atoms with Crippen molar-refractivity contribution in [3.05, 3.63) is 86.4 Å². The number of anilines is 1. The quantitative estimate of drug-likeness (QED) is 0.342. The van der Waals surface area contributed by atoms with E-state index in [9.17, 15) is 22.8 Å². The van der Waals surface area contributed by atoms with Crippen molar-refractivity contribution < 1.29 is 22.8 Å². The average Bonchev–Trinajstić information content (AvgIpc) is 2.75. The standard InChI is InChI=1S/C21H14BrClF3N5O2/c1-11-3-2-4-15(19(32)31-29-10-14-6-5-13(22)9-27-14)17(11)30-20(33)18-16(23)7-12(8-28-18)21(24,25)26/h2-10H,1H3,(H,30,33)(H,31,32). The molecule has 2 heterocycles. The van der Waals surface area contributed by atoms with Crippen LogP contribution >= 0.6 is 27.5 Å². The van der Waals surface area contributed by atoms with E-state index in [0.717, 1.165) is 4.47 Å². The molecule has 0 aliphatic heterocycles. The number of nitrogens with one attached hydrogen (secondary N) is 2. The summed E-state index contributed by atoms with van der Waals surface area (Å²) in [6, 6.07) is 8.74. The van der Waals surface area contributed by atoms with Crippen LogP contribution in [0, 0.1) is 6.92 Å². The van der Waals surface area contributed by atoms with Crippen molar-refractivity contribution in [3.63, 3.8) is 0 Å². The van der Waals surface area contributed by atoms with Gasteiger partial charge in [0, 0.05) is 16.9 Å². The number of rotatable bonds is 5. The number of nitrogens with zero attached hydrogens (tertiary/aromatic N) is 3. The van der Waals surface area contributed by atoms with Crippen LogP contribution in [-0.2, 0) is 6.18 Å². The Morgan fingerprint density at radius 1 is 1.12 bits per heavy atom. The third kappa shape index (κ3) is 6.14. The van der Waals surface area contributed by atoms with Gasteiger partial charge in [0.25, 0.3) is 11.8 Å². The highest BCUT2D eigenvalue weighted by molar-refractivity contribution is 9.10. The monoisotopic (exact) mass is 539 g/mol. The molecular formula is C21H14BrClF3N5O2. The van der Waals surface area contributed by atoms with Crippen molar-refractivity contribution in [2.75, 3.05) is 5.32 Å². The van der Waals surface area contributed by atoms with E-state index < -0.39 is 34.3 Å². The van der Waals surface area contributed by atoms with Crippen molar-refractivity contribution in [1.82, 2.24) is 15.4 Å². The highest BCUT2D eigenvalue weighted by Gasteiger charge is 2.32. The summed E-state index contributed by atoms with van der Waals surface area (Å²) in [5.74, 6) is -1.51. The molecule has 33 heavy (non-hydrogen) atoms. The summed E-state index contributed by atoms with van der Waals surface area (Å²) in [5, 5.41) is 5.86. The molecule has 2 aromatic heterocycles. The number of pyridine rings is 2. The van der Waals surface area contributed by atoms with Crippen LogP contribution in [0.3, 0.4) is 0 Å². The predicted molar refractivity (Wildman–Crippen MR) is 120 cm³/mol. The van der Waals surface area contributed by atoms with Crippen molar-refractivity contribution in [2.45, 2.75) is 13.1 Å². The van der Waals surface area contributed by atoms with Crippen molar-refractivity contribution in [1.29, 1.82) is 0 Å². The van der Waals surface area contributed by atoms with E-state index in [2.05, 4.69) is 41.7 Å². The molecular weight excluding hydrogens is 527 g/mol. The average molecular weight is 541 g/mol. The molecule has 0 saturated heterocycles. The first-order valence-electron chi connectivity index (χ1n) is 9.15. The molecule has 2 amide bonds. The summed E-state index contributed by atoms with van der Waals surface area (Å²) in [5.41, 5.74) is 2.07. The number of benzene rings is 1. The smallest absolute Gasteiger partial charge is 0.320 e. The summed E-state index contributed by atoms with van der Waals surface area (Å²) in [6.07, 6.45) is -1.24. The zero-order chi connectivity index (χ0) is 24.2. The molecule has 0 fully saturated rings. The fourth-order valence-corrected chi connectivity index (χ4v) is 3.12. The second-order valence-corrected chi connectivity index (χ2v) is 7.93. The van der Waals surface area contributed by atoms with Crippen molar-refractivity contribution >= 4 is 51.2 Å². The number of para-hydroxylation sites is 1. The molecule has 170 valence electrons. The largest absolute Gasteiger partial charge is 0.417 e. The van der Waals surface area contributed by atoms with Crippen LogP contribution in [-0.4, -0.2) is 28.0 Å². The first kappa shape index (κ1) is 24.3. The number of alkyl halides is 3. The lowest BCUT2D eigenvalue weighted by atomic mass is 10.1. The number of amides is 2. The van der Waals surface area contributed by atoms with Crippen LogP contribution in [0.5, 0.6) is 0 Å². The third-order valence-corrected chi connectivity index (χ3v) is 5.01. The van der Waals surface area contributed by atoms with Gasteiger partial charge in [-0.25, -0.2) is 10.4 Å². The van der Waals surface area contributed by atoms with Gasteiger partial charge in [0.05, 0.1) is 33.7 Å². The Bertz CT molecular complexity index is 1230. The number of hydrazone groups is 1. The van der Waals surface area contributed by atoms with Gasteiger partial charge in [-0.3, -0.25) is 14.6 Å². The van der Waals surface area contributed by atoms with Gasteiger partial charge in [0.2, 0.25) is 0 Å². The van der Waals surface area contributed by atoms with Crippen LogP contribution in [0.4, 0.5) is 18.9 Å². The first-order chi connectivity index (χ1) is 15.6. The maximum Gasteiger partial charge on any atom is 0.417 e. The highest BCUT2D eigenvalue weighted by Crippen LogP contribution is 2.31. The lowest BCUT2D eigenvalue weighted by Crippen LogP contribution is -2.23. The maximum absolute atomic E-state index is 12.8. The SMILES string of the molecule is Cc1cccc(C(=O)NN=Cc2ccc(Br)cn2)c1NC(=O)c1ncc(C(F)(F)F)cc1Cl.